The minimum Gasteiger partial charge on any atom is -0.358 e. The molecule has 0 bridgehead atoms. The highest BCUT2D eigenvalue weighted by atomic mass is 16.6. The lowest BCUT2D eigenvalue weighted by Crippen LogP contribution is -2.15. The molecule has 25 heavy (non-hydrogen) atoms. The molecule has 0 radical (unpaired) electrons. The van der Waals surface area contributed by atoms with Crippen molar-refractivity contribution in [3.63, 3.8) is 0 Å². The molecule has 1 aliphatic rings. The molecule has 8 heteroatoms. The van der Waals surface area contributed by atoms with Crippen molar-refractivity contribution in [2.75, 3.05) is 5.32 Å². The second-order valence-corrected chi connectivity index (χ2v) is 5.84. The first-order valence-electron chi connectivity index (χ1n) is 7.68. The summed E-state index contributed by atoms with van der Waals surface area (Å²) in [5, 5.41) is 13.6. The topological polar surface area (TPSA) is 107 Å². The van der Waals surface area contributed by atoms with Gasteiger partial charge in [-0.05, 0) is 41.5 Å². The number of nitrogens with zero attached hydrogens (tertiary/aromatic N) is 3. The number of hydrogen-bond donors (Lipinski definition) is 1. The number of hydrogen-bond acceptors (Lipinski definition) is 5. The molecule has 3 rings (SSSR count). The van der Waals surface area contributed by atoms with Crippen LogP contribution in [0.4, 0.5) is 11.5 Å². The molecular formula is C17H16N4O4. The first kappa shape index (κ1) is 16.6. The molecule has 0 saturated heterocycles. The number of nitrogens with one attached hydrogen (secondary N) is 1. The van der Waals surface area contributed by atoms with Gasteiger partial charge in [-0.3, -0.25) is 9.59 Å². The highest BCUT2D eigenvalue weighted by Gasteiger charge is 2.24. The molecule has 0 spiro atoms. The maximum absolute atomic E-state index is 12.7. The Labute approximate surface area is 143 Å². The Balaban J connectivity index is 1.91. The van der Waals surface area contributed by atoms with E-state index in [-0.39, 0.29) is 17.5 Å². The number of nitro groups is 1. The number of benzene rings is 1. The molecule has 0 aliphatic heterocycles. The smallest absolute Gasteiger partial charge is 0.342 e. The molecular weight excluding hydrogens is 324 g/mol. The highest BCUT2D eigenvalue weighted by molar-refractivity contribution is 6.13. The summed E-state index contributed by atoms with van der Waals surface area (Å²) >= 11 is 0. The number of ketones is 1. The Morgan fingerprint density at radius 3 is 2.80 bits per heavy atom. The third-order valence-corrected chi connectivity index (χ3v) is 4.12. The van der Waals surface area contributed by atoms with Gasteiger partial charge in [0.25, 0.3) is 0 Å². The SMILES string of the molecule is CC(=O)Nc1ccc2c(c1)CCC(=Cc1ncc([N+](=O)[O-])n1C)C2=O. The fraction of sp³-hybridized carbons (Fsp3) is 0.235. The van der Waals surface area contributed by atoms with Gasteiger partial charge in [0.15, 0.2) is 5.78 Å². The number of anilines is 1. The molecule has 0 saturated carbocycles. The second-order valence-electron chi connectivity index (χ2n) is 5.84. The van der Waals surface area contributed by atoms with Crippen LogP contribution in [0.3, 0.4) is 0 Å². The number of carbonyl (C=O) groups excluding carboxylic acids is 2. The fourth-order valence-corrected chi connectivity index (χ4v) is 2.87. The van der Waals surface area contributed by atoms with E-state index < -0.39 is 4.92 Å². The molecule has 0 fully saturated rings. The van der Waals surface area contributed by atoms with Crippen molar-refractivity contribution in [3.05, 3.63) is 57.0 Å². The van der Waals surface area contributed by atoms with Crippen LogP contribution < -0.4 is 5.32 Å². The van der Waals surface area contributed by atoms with E-state index >= 15 is 0 Å². The summed E-state index contributed by atoms with van der Waals surface area (Å²) in [4.78, 5) is 38.2. The van der Waals surface area contributed by atoms with Gasteiger partial charge in [-0.15, -0.1) is 0 Å². The minimum absolute atomic E-state index is 0.124. The van der Waals surface area contributed by atoms with E-state index in [1.165, 1.54) is 17.7 Å². The summed E-state index contributed by atoms with van der Waals surface area (Å²) in [6.45, 7) is 1.43. The van der Waals surface area contributed by atoms with Crippen LogP contribution in [-0.4, -0.2) is 26.2 Å². The van der Waals surface area contributed by atoms with Crippen LogP contribution in [0.15, 0.2) is 30.0 Å². The van der Waals surface area contributed by atoms with Crippen molar-refractivity contribution in [2.45, 2.75) is 19.8 Å². The maximum atomic E-state index is 12.7. The van der Waals surface area contributed by atoms with Gasteiger partial charge in [-0.2, -0.15) is 0 Å². The third kappa shape index (κ3) is 3.18. The predicted molar refractivity (Wildman–Crippen MR) is 91.2 cm³/mol. The number of aromatic nitrogens is 2. The van der Waals surface area contributed by atoms with E-state index in [0.29, 0.717) is 35.5 Å². The van der Waals surface area contributed by atoms with Gasteiger partial charge >= 0.3 is 5.82 Å². The number of imidazole rings is 1. The molecule has 2 aromatic rings. The second kappa shape index (κ2) is 6.31. The average molecular weight is 340 g/mol. The zero-order valence-electron chi connectivity index (χ0n) is 13.8. The summed E-state index contributed by atoms with van der Waals surface area (Å²) in [5.41, 5.74) is 2.67. The van der Waals surface area contributed by atoms with E-state index in [4.69, 9.17) is 0 Å². The molecule has 1 heterocycles. The number of rotatable bonds is 3. The van der Waals surface area contributed by atoms with Gasteiger partial charge < -0.3 is 15.4 Å². The monoisotopic (exact) mass is 340 g/mol. The Hall–Kier alpha value is -3.29. The summed E-state index contributed by atoms with van der Waals surface area (Å²) in [5.74, 6) is -0.0517. The molecule has 0 atom stereocenters. The van der Waals surface area contributed by atoms with Crippen LogP contribution in [0.2, 0.25) is 0 Å². The highest BCUT2D eigenvalue weighted by Crippen LogP contribution is 2.29. The first-order valence-corrected chi connectivity index (χ1v) is 7.68. The van der Waals surface area contributed by atoms with Gasteiger partial charge in [0.2, 0.25) is 11.7 Å². The molecule has 128 valence electrons. The van der Waals surface area contributed by atoms with Crippen molar-refractivity contribution in [1.29, 1.82) is 0 Å². The Kier molecular flexibility index (Phi) is 4.18. The van der Waals surface area contributed by atoms with Gasteiger partial charge in [0, 0.05) is 29.8 Å². The number of amides is 1. The average Bonchev–Trinajstić information content (AvgIpc) is 2.90. The lowest BCUT2D eigenvalue weighted by Gasteiger charge is -2.18. The van der Waals surface area contributed by atoms with E-state index in [0.717, 1.165) is 5.56 Å². The van der Waals surface area contributed by atoms with E-state index in [9.17, 15) is 19.7 Å². The van der Waals surface area contributed by atoms with Crippen molar-refractivity contribution in [2.24, 2.45) is 7.05 Å². The Morgan fingerprint density at radius 2 is 2.16 bits per heavy atom. The van der Waals surface area contributed by atoms with Crippen LogP contribution in [-0.2, 0) is 18.3 Å². The quantitative estimate of drug-likeness (QED) is 0.525. The number of carbonyl (C=O) groups is 2. The van der Waals surface area contributed by atoms with Crippen molar-refractivity contribution in [1.82, 2.24) is 9.55 Å². The van der Waals surface area contributed by atoms with E-state index in [1.807, 2.05) is 0 Å². The zero-order chi connectivity index (χ0) is 18.1. The molecule has 1 aromatic carbocycles. The number of aryl methyl sites for hydroxylation is 1. The summed E-state index contributed by atoms with van der Waals surface area (Å²) < 4.78 is 1.34. The zero-order valence-corrected chi connectivity index (χ0v) is 13.8. The van der Waals surface area contributed by atoms with E-state index in [2.05, 4.69) is 10.3 Å². The molecule has 1 aromatic heterocycles. The van der Waals surface area contributed by atoms with Gasteiger partial charge in [-0.1, -0.05) is 0 Å². The Morgan fingerprint density at radius 1 is 1.40 bits per heavy atom. The van der Waals surface area contributed by atoms with Gasteiger partial charge in [0.1, 0.15) is 6.20 Å². The Bertz CT molecular complexity index is 927. The van der Waals surface area contributed by atoms with Crippen molar-refractivity contribution < 1.29 is 14.5 Å². The standard InChI is InChI=1S/C17H16N4O4/c1-10(22)19-13-5-6-14-11(7-13)3-4-12(17(14)23)8-15-18-9-16(20(15)2)21(24)25/h5-9H,3-4H2,1-2H3,(H,19,22). The van der Waals surface area contributed by atoms with Gasteiger partial charge in [0.05, 0.1) is 7.05 Å². The summed E-state index contributed by atoms with van der Waals surface area (Å²) in [6.07, 6.45) is 3.93. The molecule has 1 amide bonds. The van der Waals surface area contributed by atoms with E-state index in [1.54, 1.807) is 31.3 Å². The summed E-state index contributed by atoms with van der Waals surface area (Å²) in [7, 11) is 1.54. The van der Waals surface area contributed by atoms with Crippen molar-refractivity contribution >= 4 is 29.3 Å². The van der Waals surface area contributed by atoms with Crippen LogP contribution in [0.25, 0.3) is 6.08 Å². The normalized spacial score (nSPS) is 15.1. The molecule has 8 nitrogen and oxygen atoms in total. The molecule has 1 aliphatic carbocycles. The number of fused-ring (bicyclic) bond motifs is 1. The maximum Gasteiger partial charge on any atom is 0.342 e. The lowest BCUT2D eigenvalue weighted by atomic mass is 9.86. The third-order valence-electron chi connectivity index (χ3n) is 4.12. The van der Waals surface area contributed by atoms with Crippen LogP contribution >= 0.6 is 0 Å². The number of Topliss-reactive ketones (excluding diaryl/α,β-unsaturated/α-hetero) is 1. The predicted octanol–water partition coefficient (Wildman–Crippen LogP) is 2.50. The molecule has 1 N–H and O–H groups in total. The lowest BCUT2D eigenvalue weighted by molar-refractivity contribution is -0.391. The minimum atomic E-state index is -0.517. The summed E-state index contributed by atoms with van der Waals surface area (Å²) in [6, 6.07) is 5.18. The fourth-order valence-electron chi connectivity index (χ4n) is 2.87. The van der Waals surface area contributed by atoms with Crippen LogP contribution in [0.5, 0.6) is 0 Å². The van der Waals surface area contributed by atoms with Gasteiger partial charge in [-0.25, -0.2) is 9.55 Å². The number of allylic oxidation sites excluding steroid dienone is 1. The van der Waals surface area contributed by atoms with Crippen molar-refractivity contribution in [3.8, 4) is 0 Å². The largest absolute Gasteiger partial charge is 0.358 e. The molecule has 0 unspecified atom stereocenters. The van der Waals surface area contributed by atoms with Crippen LogP contribution in [0.1, 0.15) is 35.1 Å². The first-order chi connectivity index (χ1) is 11.9. The van der Waals surface area contributed by atoms with Crippen LogP contribution in [0, 0.1) is 10.1 Å².